The Kier molecular flexibility index (Phi) is 4.10. The van der Waals surface area contributed by atoms with E-state index in [1.165, 1.54) is 0 Å². The first-order valence-corrected chi connectivity index (χ1v) is 8.95. The summed E-state index contributed by atoms with van der Waals surface area (Å²) >= 11 is 0. The van der Waals surface area contributed by atoms with Crippen LogP contribution in [-0.2, 0) is 23.6 Å². The topological polar surface area (TPSA) is 89.0 Å². The fourth-order valence-corrected chi connectivity index (χ4v) is 4.28. The molecule has 0 bridgehead atoms. The number of hydrogen-bond acceptors (Lipinski definition) is 4. The third-order valence-electron chi connectivity index (χ3n) is 4.06. The third-order valence-corrected chi connectivity index (χ3v) is 5.72. The van der Waals surface area contributed by atoms with Crippen LogP contribution >= 0.6 is 0 Å². The van der Waals surface area contributed by atoms with Crippen LogP contribution in [0.2, 0.25) is 0 Å². The number of hydrogen-bond donors (Lipinski definition) is 2. The van der Waals surface area contributed by atoms with Crippen LogP contribution in [0, 0.1) is 13.8 Å². The molecular weight excluding hydrogens is 328 g/mol. The number of methoxy groups -OCH3 is 1. The number of H-pyrrole nitrogens is 1. The number of aromatic amines is 1. The van der Waals surface area contributed by atoms with Crippen LogP contribution < -0.4 is 9.46 Å². The van der Waals surface area contributed by atoms with Gasteiger partial charge in [-0.1, -0.05) is 0 Å². The van der Waals surface area contributed by atoms with Gasteiger partial charge in [-0.2, -0.15) is 5.10 Å². The summed E-state index contributed by atoms with van der Waals surface area (Å²) in [6.07, 6.45) is 1.92. The van der Waals surface area contributed by atoms with Crippen LogP contribution in [0.4, 0.5) is 0 Å². The molecule has 2 heterocycles. The molecule has 0 unspecified atom stereocenters. The van der Waals surface area contributed by atoms with E-state index in [9.17, 15) is 8.42 Å². The Morgan fingerprint density at radius 2 is 2.08 bits per heavy atom. The lowest BCUT2D eigenvalue weighted by Gasteiger charge is -2.07. The summed E-state index contributed by atoms with van der Waals surface area (Å²) in [5, 5.41) is 7.61. The Bertz CT molecular complexity index is 982. The van der Waals surface area contributed by atoms with Gasteiger partial charge in [0.1, 0.15) is 10.6 Å². The number of ether oxygens (including phenoxy) is 1. The van der Waals surface area contributed by atoms with Gasteiger partial charge in [-0.15, -0.1) is 0 Å². The van der Waals surface area contributed by atoms with E-state index < -0.39 is 10.0 Å². The van der Waals surface area contributed by atoms with E-state index in [1.54, 1.807) is 21.0 Å². The monoisotopic (exact) mass is 348 g/mol. The maximum absolute atomic E-state index is 12.6. The predicted octanol–water partition coefficient (Wildman–Crippen LogP) is 2.01. The van der Waals surface area contributed by atoms with Crippen molar-refractivity contribution >= 4 is 20.9 Å². The second-order valence-electron chi connectivity index (χ2n) is 5.74. The molecule has 8 heteroatoms. The standard InChI is InChI=1S/C16H20N4O3S/c1-10-16(11(2)19-18-10)24(21,22)17-8-12-9-20(3)15-6-5-13(23-4)7-14(12)15/h5-7,9,17H,8H2,1-4H3,(H,18,19). The highest BCUT2D eigenvalue weighted by molar-refractivity contribution is 7.89. The molecule has 7 nitrogen and oxygen atoms in total. The van der Waals surface area contributed by atoms with Crippen molar-refractivity contribution in [2.24, 2.45) is 7.05 Å². The predicted molar refractivity (Wildman–Crippen MR) is 91.6 cm³/mol. The van der Waals surface area contributed by atoms with Crippen LogP contribution in [0.25, 0.3) is 10.9 Å². The van der Waals surface area contributed by atoms with E-state index in [-0.39, 0.29) is 11.4 Å². The van der Waals surface area contributed by atoms with Crippen molar-refractivity contribution in [3.8, 4) is 5.75 Å². The molecule has 3 aromatic rings. The Labute approximate surface area is 140 Å². The molecule has 0 aliphatic rings. The summed E-state index contributed by atoms with van der Waals surface area (Å²) in [6.45, 7) is 3.55. The van der Waals surface area contributed by atoms with E-state index in [0.717, 1.165) is 22.2 Å². The lowest BCUT2D eigenvalue weighted by molar-refractivity contribution is 0.415. The molecule has 0 saturated heterocycles. The largest absolute Gasteiger partial charge is 0.497 e. The molecule has 1 aromatic carbocycles. The Balaban J connectivity index is 1.93. The van der Waals surface area contributed by atoms with Crippen molar-refractivity contribution in [2.75, 3.05) is 7.11 Å². The Hall–Kier alpha value is -2.32. The van der Waals surface area contributed by atoms with E-state index in [2.05, 4.69) is 14.9 Å². The zero-order chi connectivity index (χ0) is 17.5. The molecule has 0 aliphatic heterocycles. The number of nitrogens with zero attached hydrogens (tertiary/aromatic N) is 2. The minimum atomic E-state index is -3.64. The first kappa shape index (κ1) is 16.5. The van der Waals surface area contributed by atoms with Crippen molar-refractivity contribution in [1.29, 1.82) is 0 Å². The van der Waals surface area contributed by atoms with Gasteiger partial charge in [0.25, 0.3) is 0 Å². The number of nitrogens with one attached hydrogen (secondary N) is 2. The number of aromatic nitrogens is 3. The van der Waals surface area contributed by atoms with Crippen LogP contribution in [0.15, 0.2) is 29.3 Å². The number of rotatable bonds is 5. The molecule has 0 fully saturated rings. The van der Waals surface area contributed by atoms with Gasteiger partial charge in [0.2, 0.25) is 10.0 Å². The van der Waals surface area contributed by atoms with Crippen LogP contribution in [0.1, 0.15) is 17.0 Å². The van der Waals surface area contributed by atoms with Gasteiger partial charge >= 0.3 is 0 Å². The molecule has 0 radical (unpaired) electrons. The molecule has 0 aliphatic carbocycles. The van der Waals surface area contributed by atoms with E-state index in [4.69, 9.17) is 4.74 Å². The first-order valence-electron chi connectivity index (χ1n) is 7.46. The number of sulfonamides is 1. The maximum atomic E-state index is 12.6. The highest BCUT2D eigenvalue weighted by Crippen LogP contribution is 2.26. The number of aryl methyl sites for hydroxylation is 3. The normalized spacial score (nSPS) is 12.0. The zero-order valence-electron chi connectivity index (χ0n) is 14.0. The van der Waals surface area contributed by atoms with Gasteiger partial charge in [0.15, 0.2) is 0 Å². The van der Waals surface area contributed by atoms with Gasteiger partial charge in [-0.3, -0.25) is 5.10 Å². The van der Waals surface area contributed by atoms with E-state index >= 15 is 0 Å². The smallest absolute Gasteiger partial charge is 0.244 e. The van der Waals surface area contributed by atoms with Crippen LogP contribution in [0.3, 0.4) is 0 Å². The molecule has 3 rings (SSSR count). The van der Waals surface area contributed by atoms with E-state index in [0.29, 0.717) is 11.4 Å². The second-order valence-corrected chi connectivity index (χ2v) is 7.44. The molecular formula is C16H20N4O3S. The molecule has 0 atom stereocenters. The van der Waals surface area contributed by atoms with Gasteiger partial charge in [0.05, 0.1) is 18.5 Å². The zero-order valence-corrected chi connectivity index (χ0v) is 14.9. The van der Waals surface area contributed by atoms with Crippen molar-refractivity contribution < 1.29 is 13.2 Å². The quantitative estimate of drug-likeness (QED) is 0.738. The molecule has 24 heavy (non-hydrogen) atoms. The minimum absolute atomic E-state index is 0.191. The number of fused-ring (bicyclic) bond motifs is 1. The highest BCUT2D eigenvalue weighted by Gasteiger charge is 2.22. The van der Waals surface area contributed by atoms with Crippen LogP contribution in [-0.4, -0.2) is 30.3 Å². The second kappa shape index (κ2) is 5.95. The Morgan fingerprint density at radius 3 is 2.71 bits per heavy atom. The first-order chi connectivity index (χ1) is 11.3. The molecule has 0 amide bonds. The highest BCUT2D eigenvalue weighted by atomic mass is 32.2. The summed E-state index contributed by atoms with van der Waals surface area (Å²) in [6, 6.07) is 5.75. The fraction of sp³-hybridized carbons (Fsp3) is 0.312. The minimum Gasteiger partial charge on any atom is -0.497 e. The lowest BCUT2D eigenvalue weighted by atomic mass is 10.1. The van der Waals surface area contributed by atoms with Gasteiger partial charge < -0.3 is 9.30 Å². The average molecular weight is 348 g/mol. The van der Waals surface area contributed by atoms with Crippen LogP contribution in [0.5, 0.6) is 5.75 Å². The van der Waals surface area contributed by atoms with Gasteiger partial charge in [-0.05, 0) is 37.6 Å². The third kappa shape index (κ3) is 2.78. The summed E-state index contributed by atoms with van der Waals surface area (Å²) in [4.78, 5) is 0.209. The van der Waals surface area contributed by atoms with Crippen molar-refractivity contribution in [3.63, 3.8) is 0 Å². The lowest BCUT2D eigenvalue weighted by Crippen LogP contribution is -2.24. The van der Waals surface area contributed by atoms with Gasteiger partial charge in [0, 0.05) is 30.7 Å². The molecule has 0 spiro atoms. The molecule has 2 aromatic heterocycles. The summed E-state index contributed by atoms with van der Waals surface area (Å²) in [7, 11) is -0.1000. The van der Waals surface area contributed by atoms with Crippen molar-refractivity contribution in [2.45, 2.75) is 25.3 Å². The SMILES string of the molecule is COc1ccc2c(c1)c(CNS(=O)(=O)c1c(C)n[nH]c1C)cn2C. The summed E-state index contributed by atoms with van der Waals surface area (Å²) < 4.78 is 35.0. The Morgan fingerprint density at radius 1 is 1.33 bits per heavy atom. The molecule has 0 saturated carbocycles. The maximum Gasteiger partial charge on any atom is 0.244 e. The van der Waals surface area contributed by atoms with E-state index in [1.807, 2.05) is 36.0 Å². The summed E-state index contributed by atoms with van der Waals surface area (Å²) in [5.41, 5.74) is 2.88. The molecule has 2 N–H and O–H groups in total. The van der Waals surface area contributed by atoms with Gasteiger partial charge in [-0.25, -0.2) is 13.1 Å². The van der Waals surface area contributed by atoms with Crippen molar-refractivity contribution in [1.82, 2.24) is 19.5 Å². The summed E-state index contributed by atoms with van der Waals surface area (Å²) in [5.74, 6) is 0.735. The average Bonchev–Trinajstić information content (AvgIpc) is 3.05. The van der Waals surface area contributed by atoms with Crippen molar-refractivity contribution in [3.05, 3.63) is 41.3 Å². The number of benzene rings is 1. The fourth-order valence-electron chi connectivity index (χ4n) is 2.90. The molecule has 128 valence electrons.